The minimum absolute atomic E-state index is 0.251. The summed E-state index contributed by atoms with van der Waals surface area (Å²) in [5.74, 6) is 1.47. The van der Waals surface area contributed by atoms with Gasteiger partial charge in [0.2, 0.25) is 4.96 Å². The summed E-state index contributed by atoms with van der Waals surface area (Å²) in [7, 11) is 0. The largest absolute Gasteiger partial charge is 0.337 e. The highest BCUT2D eigenvalue weighted by molar-refractivity contribution is 7.16. The molecule has 24 heavy (non-hydrogen) atoms. The second kappa shape index (κ2) is 6.37. The number of benzene rings is 1. The highest BCUT2D eigenvalue weighted by Gasteiger charge is 2.29. The number of carbonyl (C=O) groups is 1. The van der Waals surface area contributed by atoms with Crippen LogP contribution in [-0.4, -0.2) is 32.4 Å². The number of nitrogens with zero attached hydrogens (tertiary/aromatic N) is 4. The molecule has 7 nitrogen and oxygen atoms in total. The van der Waals surface area contributed by atoms with E-state index in [1.165, 1.54) is 24.2 Å². The molecule has 1 aliphatic rings. The Balaban J connectivity index is 1.30. The van der Waals surface area contributed by atoms with E-state index in [9.17, 15) is 4.79 Å². The first-order valence-corrected chi connectivity index (χ1v) is 8.90. The molecule has 0 saturated heterocycles. The first-order valence-electron chi connectivity index (χ1n) is 7.70. The van der Waals surface area contributed by atoms with Crippen LogP contribution in [0.15, 0.2) is 24.3 Å². The number of nitrogens with one attached hydrogen (secondary N) is 2. The monoisotopic (exact) mass is 362 g/mol. The fourth-order valence-electron chi connectivity index (χ4n) is 2.36. The fraction of sp³-hybridized carbons (Fsp3) is 0.333. The van der Waals surface area contributed by atoms with Crippen LogP contribution in [-0.2, 0) is 6.42 Å². The van der Waals surface area contributed by atoms with Gasteiger partial charge in [-0.3, -0.25) is 0 Å². The molecule has 1 fully saturated rings. The van der Waals surface area contributed by atoms with Crippen LogP contribution in [0.3, 0.4) is 0 Å². The van der Waals surface area contributed by atoms with Crippen molar-refractivity contribution in [3.05, 3.63) is 40.1 Å². The SMILES string of the molecule is O=C(NCCc1nn2c(C3CC3)nnc2s1)Nc1ccc(Cl)cc1. The Labute approximate surface area is 147 Å². The van der Waals surface area contributed by atoms with Crippen molar-refractivity contribution in [1.82, 2.24) is 25.1 Å². The quantitative estimate of drug-likeness (QED) is 0.730. The maximum atomic E-state index is 11.9. The van der Waals surface area contributed by atoms with Gasteiger partial charge in [0.15, 0.2) is 5.82 Å². The van der Waals surface area contributed by atoms with Gasteiger partial charge in [-0.1, -0.05) is 22.9 Å². The number of rotatable bonds is 5. The summed E-state index contributed by atoms with van der Waals surface area (Å²) in [6, 6.07) is 6.72. The molecule has 0 radical (unpaired) electrons. The molecule has 0 unspecified atom stereocenters. The smallest absolute Gasteiger partial charge is 0.319 e. The zero-order chi connectivity index (χ0) is 16.5. The summed E-state index contributed by atoms with van der Waals surface area (Å²) in [5, 5.41) is 20.1. The van der Waals surface area contributed by atoms with E-state index in [1.807, 2.05) is 4.52 Å². The molecule has 1 saturated carbocycles. The number of halogens is 1. The maximum Gasteiger partial charge on any atom is 0.319 e. The fourth-order valence-corrected chi connectivity index (χ4v) is 3.33. The molecule has 2 heterocycles. The maximum absolute atomic E-state index is 11.9. The van der Waals surface area contributed by atoms with Gasteiger partial charge in [0.1, 0.15) is 5.01 Å². The predicted molar refractivity (Wildman–Crippen MR) is 92.8 cm³/mol. The Morgan fingerprint density at radius 2 is 2.08 bits per heavy atom. The molecule has 2 N–H and O–H groups in total. The van der Waals surface area contributed by atoms with Gasteiger partial charge in [0.25, 0.3) is 0 Å². The number of hydrogen-bond donors (Lipinski definition) is 2. The van der Waals surface area contributed by atoms with Crippen LogP contribution < -0.4 is 10.6 Å². The van der Waals surface area contributed by atoms with Crippen LogP contribution in [0.5, 0.6) is 0 Å². The topological polar surface area (TPSA) is 84.2 Å². The lowest BCUT2D eigenvalue weighted by Gasteiger charge is -2.06. The van der Waals surface area contributed by atoms with E-state index in [2.05, 4.69) is 25.9 Å². The number of aromatic nitrogens is 4. The first kappa shape index (κ1) is 15.3. The van der Waals surface area contributed by atoms with Crippen molar-refractivity contribution < 1.29 is 4.79 Å². The summed E-state index contributed by atoms with van der Waals surface area (Å²) < 4.78 is 1.84. The molecule has 9 heteroatoms. The van der Waals surface area contributed by atoms with Crippen molar-refractivity contribution in [1.29, 1.82) is 0 Å². The molecule has 124 valence electrons. The number of carbonyl (C=O) groups excluding carboxylic acids is 1. The molecule has 0 bridgehead atoms. The van der Waals surface area contributed by atoms with Crippen molar-refractivity contribution in [2.75, 3.05) is 11.9 Å². The molecule has 4 rings (SSSR count). The van der Waals surface area contributed by atoms with Crippen LogP contribution in [0, 0.1) is 0 Å². The summed E-state index contributed by atoms with van der Waals surface area (Å²) in [6.45, 7) is 0.502. The molecule has 2 aromatic heterocycles. The van der Waals surface area contributed by atoms with Crippen LogP contribution in [0.1, 0.15) is 29.6 Å². The van der Waals surface area contributed by atoms with Gasteiger partial charge in [-0.05, 0) is 37.1 Å². The zero-order valence-corrected chi connectivity index (χ0v) is 14.3. The van der Waals surface area contributed by atoms with Gasteiger partial charge in [0, 0.05) is 29.6 Å². The lowest BCUT2D eigenvalue weighted by Crippen LogP contribution is -2.30. The highest BCUT2D eigenvalue weighted by Crippen LogP contribution is 2.39. The van der Waals surface area contributed by atoms with Crippen molar-refractivity contribution >= 4 is 39.6 Å². The van der Waals surface area contributed by atoms with Crippen molar-refractivity contribution in [3.8, 4) is 0 Å². The first-order chi connectivity index (χ1) is 11.7. The number of hydrogen-bond acceptors (Lipinski definition) is 5. The zero-order valence-electron chi connectivity index (χ0n) is 12.7. The minimum atomic E-state index is -0.251. The number of amides is 2. The molecular weight excluding hydrogens is 348 g/mol. The summed E-state index contributed by atoms with van der Waals surface area (Å²) >= 11 is 7.32. The van der Waals surface area contributed by atoms with Gasteiger partial charge >= 0.3 is 6.03 Å². The van der Waals surface area contributed by atoms with Crippen molar-refractivity contribution in [2.24, 2.45) is 0 Å². The van der Waals surface area contributed by atoms with E-state index < -0.39 is 0 Å². The average molecular weight is 363 g/mol. The Bertz CT molecular complexity index is 870. The van der Waals surface area contributed by atoms with E-state index in [1.54, 1.807) is 24.3 Å². The molecule has 0 aliphatic heterocycles. The van der Waals surface area contributed by atoms with Gasteiger partial charge < -0.3 is 10.6 Å². The van der Waals surface area contributed by atoms with E-state index in [0.29, 0.717) is 29.6 Å². The third kappa shape index (κ3) is 3.34. The van der Waals surface area contributed by atoms with Gasteiger partial charge in [-0.25, -0.2) is 4.79 Å². The number of urea groups is 1. The lowest BCUT2D eigenvalue weighted by atomic mass is 10.3. The normalized spacial score (nSPS) is 14.0. The van der Waals surface area contributed by atoms with Gasteiger partial charge in [0.05, 0.1) is 0 Å². The lowest BCUT2D eigenvalue weighted by molar-refractivity contribution is 0.252. The van der Waals surface area contributed by atoms with Crippen LogP contribution >= 0.6 is 22.9 Å². The predicted octanol–water partition coefficient (Wildman–Crippen LogP) is 3.08. The molecule has 1 aliphatic carbocycles. The molecule has 1 aromatic carbocycles. The molecule has 3 aromatic rings. The Morgan fingerprint density at radius 1 is 1.29 bits per heavy atom. The molecular formula is C15H15ClN6OS. The summed E-state index contributed by atoms with van der Waals surface area (Å²) in [5.41, 5.74) is 0.699. The van der Waals surface area contributed by atoms with Crippen LogP contribution in [0.2, 0.25) is 5.02 Å². The van der Waals surface area contributed by atoms with Crippen LogP contribution in [0.25, 0.3) is 4.96 Å². The standard InChI is InChI=1S/C15H15ClN6OS/c16-10-3-5-11(6-4-10)18-14(23)17-8-7-12-21-22-13(9-1-2-9)19-20-15(22)24-12/h3-6,9H,1-2,7-8H2,(H2,17,18,23). The second-order valence-electron chi connectivity index (χ2n) is 5.66. The van der Waals surface area contributed by atoms with E-state index in [0.717, 1.165) is 15.8 Å². The number of fused-ring (bicyclic) bond motifs is 1. The summed E-state index contributed by atoms with van der Waals surface area (Å²) in [6.07, 6.45) is 2.99. The van der Waals surface area contributed by atoms with E-state index >= 15 is 0 Å². The highest BCUT2D eigenvalue weighted by atomic mass is 35.5. The van der Waals surface area contributed by atoms with Crippen molar-refractivity contribution in [3.63, 3.8) is 0 Å². The third-order valence-electron chi connectivity index (χ3n) is 3.73. The van der Waals surface area contributed by atoms with Crippen LogP contribution in [0.4, 0.5) is 10.5 Å². The van der Waals surface area contributed by atoms with Gasteiger partial charge in [-0.15, -0.1) is 10.2 Å². The summed E-state index contributed by atoms with van der Waals surface area (Å²) in [4.78, 5) is 12.7. The van der Waals surface area contributed by atoms with Gasteiger partial charge in [-0.2, -0.15) is 9.61 Å². The Morgan fingerprint density at radius 3 is 2.83 bits per heavy atom. The molecule has 0 atom stereocenters. The Kier molecular flexibility index (Phi) is 4.07. The Hall–Kier alpha value is -2.19. The minimum Gasteiger partial charge on any atom is -0.337 e. The van der Waals surface area contributed by atoms with E-state index in [-0.39, 0.29) is 6.03 Å². The van der Waals surface area contributed by atoms with Crippen molar-refractivity contribution in [2.45, 2.75) is 25.2 Å². The third-order valence-corrected chi connectivity index (χ3v) is 4.94. The second-order valence-corrected chi connectivity index (χ2v) is 7.14. The molecule has 2 amide bonds. The number of anilines is 1. The average Bonchev–Trinajstić information content (AvgIpc) is 3.20. The molecule has 0 spiro atoms. The van der Waals surface area contributed by atoms with E-state index in [4.69, 9.17) is 11.6 Å².